The normalized spacial score (nSPS) is 34.2. The SMILES string of the molecule is CN1C2=C(C=CCC2)C2C=C3C(=CC21)C=CC1C=CC=CC1N3C1=CC=CCC1. The van der Waals surface area contributed by atoms with Gasteiger partial charge in [0.15, 0.2) is 0 Å². The molecule has 6 aliphatic rings. The van der Waals surface area contributed by atoms with Crippen molar-refractivity contribution in [3.8, 4) is 0 Å². The van der Waals surface area contributed by atoms with Crippen LogP contribution in [-0.4, -0.2) is 28.9 Å². The molecule has 4 aliphatic carbocycles. The molecule has 0 saturated heterocycles. The van der Waals surface area contributed by atoms with Gasteiger partial charge in [-0.05, 0) is 42.9 Å². The molecule has 0 N–H and O–H groups in total. The summed E-state index contributed by atoms with van der Waals surface area (Å²) in [4.78, 5) is 5.17. The second kappa shape index (κ2) is 6.66. The minimum absolute atomic E-state index is 0.359. The maximum Gasteiger partial charge on any atom is 0.0619 e. The van der Waals surface area contributed by atoms with Gasteiger partial charge in [0.2, 0.25) is 0 Å². The van der Waals surface area contributed by atoms with Crippen LogP contribution in [0.5, 0.6) is 0 Å². The zero-order chi connectivity index (χ0) is 19.4. The van der Waals surface area contributed by atoms with Crippen LogP contribution in [-0.2, 0) is 0 Å². The Morgan fingerprint density at radius 2 is 1.76 bits per heavy atom. The highest BCUT2D eigenvalue weighted by Crippen LogP contribution is 2.46. The Kier molecular flexibility index (Phi) is 3.94. The lowest BCUT2D eigenvalue weighted by molar-refractivity contribution is 0.309. The highest BCUT2D eigenvalue weighted by atomic mass is 15.2. The zero-order valence-corrected chi connectivity index (χ0v) is 17.0. The number of nitrogens with zero attached hydrogens (tertiary/aromatic N) is 2. The highest BCUT2D eigenvalue weighted by Gasteiger charge is 2.41. The molecule has 0 radical (unpaired) electrons. The van der Waals surface area contributed by atoms with E-state index in [1.165, 1.54) is 35.4 Å². The molecule has 0 fully saturated rings. The van der Waals surface area contributed by atoms with E-state index >= 15 is 0 Å². The van der Waals surface area contributed by atoms with Crippen molar-refractivity contribution in [1.82, 2.24) is 9.80 Å². The van der Waals surface area contributed by atoms with Crippen LogP contribution in [0.25, 0.3) is 0 Å². The van der Waals surface area contributed by atoms with E-state index in [-0.39, 0.29) is 0 Å². The second-order valence-electron chi connectivity index (χ2n) is 8.84. The molecule has 0 aromatic rings. The fourth-order valence-corrected chi connectivity index (χ4v) is 5.82. The van der Waals surface area contributed by atoms with Crippen molar-refractivity contribution in [2.75, 3.05) is 7.05 Å². The maximum atomic E-state index is 2.64. The van der Waals surface area contributed by atoms with E-state index in [1.54, 1.807) is 5.70 Å². The van der Waals surface area contributed by atoms with Crippen LogP contribution in [0.1, 0.15) is 25.7 Å². The number of hydrogen-bond acceptors (Lipinski definition) is 2. The lowest BCUT2D eigenvalue weighted by atomic mass is 9.84. The highest BCUT2D eigenvalue weighted by molar-refractivity contribution is 5.54. The van der Waals surface area contributed by atoms with Gasteiger partial charge in [-0.3, -0.25) is 0 Å². The Balaban J connectivity index is 1.50. The van der Waals surface area contributed by atoms with Crippen LogP contribution in [0, 0.1) is 11.8 Å². The first-order valence-corrected chi connectivity index (χ1v) is 11.1. The number of allylic oxidation sites excluding steroid dienone is 10. The van der Waals surface area contributed by atoms with E-state index in [4.69, 9.17) is 0 Å². The van der Waals surface area contributed by atoms with Gasteiger partial charge in [0.05, 0.1) is 12.1 Å². The molecule has 0 bridgehead atoms. The van der Waals surface area contributed by atoms with Gasteiger partial charge >= 0.3 is 0 Å². The first-order valence-electron chi connectivity index (χ1n) is 11.1. The lowest BCUT2D eigenvalue weighted by Gasteiger charge is -2.41. The summed E-state index contributed by atoms with van der Waals surface area (Å²) in [5.41, 5.74) is 7.31. The molecule has 2 heteroatoms. The predicted octanol–water partition coefficient (Wildman–Crippen LogP) is 5.56. The van der Waals surface area contributed by atoms with Crippen molar-refractivity contribution in [2.45, 2.75) is 37.8 Å². The van der Waals surface area contributed by atoms with E-state index in [0.29, 0.717) is 23.9 Å². The van der Waals surface area contributed by atoms with Crippen molar-refractivity contribution < 1.29 is 0 Å². The fourth-order valence-electron chi connectivity index (χ4n) is 5.82. The minimum Gasteiger partial charge on any atom is -0.370 e. The van der Waals surface area contributed by atoms with Gasteiger partial charge < -0.3 is 9.80 Å². The number of rotatable bonds is 1. The molecule has 4 atom stereocenters. The quantitative estimate of drug-likeness (QED) is 0.587. The first kappa shape index (κ1) is 17.1. The van der Waals surface area contributed by atoms with Crippen LogP contribution < -0.4 is 0 Å². The average molecular weight is 381 g/mol. The molecule has 0 amide bonds. The largest absolute Gasteiger partial charge is 0.370 e. The molecule has 0 spiro atoms. The van der Waals surface area contributed by atoms with Gasteiger partial charge in [-0.15, -0.1) is 0 Å². The predicted molar refractivity (Wildman–Crippen MR) is 120 cm³/mol. The number of hydrogen-bond donors (Lipinski definition) is 0. The Labute approximate surface area is 174 Å². The van der Waals surface area contributed by atoms with E-state index in [0.717, 1.165) is 12.8 Å². The van der Waals surface area contributed by atoms with E-state index in [2.05, 4.69) is 95.8 Å². The van der Waals surface area contributed by atoms with E-state index in [9.17, 15) is 0 Å². The maximum absolute atomic E-state index is 2.64. The minimum atomic E-state index is 0.359. The molecule has 0 aromatic heterocycles. The van der Waals surface area contributed by atoms with Gasteiger partial charge in [-0.25, -0.2) is 0 Å². The average Bonchev–Trinajstić information content (AvgIpc) is 2.95. The van der Waals surface area contributed by atoms with E-state index in [1.807, 2.05) is 0 Å². The van der Waals surface area contributed by atoms with Crippen LogP contribution >= 0.6 is 0 Å². The summed E-state index contributed by atoms with van der Waals surface area (Å²) < 4.78 is 0. The molecule has 29 heavy (non-hydrogen) atoms. The van der Waals surface area contributed by atoms with Gasteiger partial charge in [-0.1, -0.05) is 72.9 Å². The van der Waals surface area contributed by atoms with Crippen molar-refractivity contribution >= 4 is 0 Å². The molecule has 6 rings (SSSR count). The van der Waals surface area contributed by atoms with Crippen molar-refractivity contribution in [3.63, 3.8) is 0 Å². The van der Waals surface area contributed by atoms with Crippen molar-refractivity contribution in [3.05, 3.63) is 107 Å². The van der Waals surface area contributed by atoms with Gasteiger partial charge in [0.25, 0.3) is 0 Å². The molecule has 2 nitrogen and oxygen atoms in total. The third kappa shape index (κ3) is 2.62. The molecule has 0 aromatic carbocycles. The van der Waals surface area contributed by atoms with Crippen molar-refractivity contribution in [2.24, 2.45) is 11.8 Å². The van der Waals surface area contributed by atoms with Crippen LogP contribution in [0.3, 0.4) is 0 Å². The summed E-state index contributed by atoms with van der Waals surface area (Å²) in [6.07, 6.45) is 35.2. The molecule has 0 saturated carbocycles. The number of likely N-dealkylation sites (N-methyl/N-ethyl adjacent to an activating group) is 1. The van der Waals surface area contributed by atoms with Gasteiger partial charge in [0, 0.05) is 36.0 Å². The fraction of sp³-hybridized carbons (Fsp3) is 0.333. The third-order valence-corrected chi connectivity index (χ3v) is 7.27. The van der Waals surface area contributed by atoms with Crippen LogP contribution in [0.15, 0.2) is 107 Å². The van der Waals surface area contributed by atoms with Crippen molar-refractivity contribution in [1.29, 1.82) is 0 Å². The Bertz CT molecular complexity index is 1010. The molecule has 146 valence electrons. The number of fused-ring (bicyclic) bond motifs is 4. The second-order valence-corrected chi connectivity index (χ2v) is 8.84. The van der Waals surface area contributed by atoms with Gasteiger partial charge in [0.1, 0.15) is 0 Å². The zero-order valence-electron chi connectivity index (χ0n) is 17.0. The topological polar surface area (TPSA) is 6.48 Å². The van der Waals surface area contributed by atoms with Crippen LogP contribution in [0.4, 0.5) is 0 Å². The monoisotopic (exact) mass is 380 g/mol. The molecular formula is C27H28N2. The summed E-state index contributed by atoms with van der Waals surface area (Å²) in [6, 6.07) is 0.802. The molecule has 4 unspecified atom stereocenters. The Morgan fingerprint density at radius 1 is 0.862 bits per heavy atom. The smallest absolute Gasteiger partial charge is 0.0619 e. The molecule has 2 heterocycles. The Hall–Kier alpha value is -2.74. The summed E-state index contributed by atoms with van der Waals surface area (Å²) in [5.74, 6) is 0.877. The Morgan fingerprint density at radius 3 is 2.66 bits per heavy atom. The molecule has 2 aliphatic heterocycles. The van der Waals surface area contributed by atoms with Crippen LogP contribution in [0.2, 0.25) is 0 Å². The summed E-state index contributed by atoms with van der Waals surface area (Å²) >= 11 is 0. The summed E-state index contributed by atoms with van der Waals surface area (Å²) in [5, 5.41) is 0. The summed E-state index contributed by atoms with van der Waals surface area (Å²) in [7, 11) is 2.28. The van der Waals surface area contributed by atoms with E-state index < -0.39 is 0 Å². The lowest BCUT2D eigenvalue weighted by Crippen LogP contribution is -2.39. The standard InChI is InChI=1S/C27H28N2/c1-28-25-14-8-6-12-22(25)23-18-26-20(17-27(23)28)16-15-19-9-5-7-13-24(19)29(26)21-10-3-2-4-11-21/h2-3,5-7,9-10,12-13,15-19,23-24,27H,4,8,11,14H2,1H3. The summed E-state index contributed by atoms with van der Waals surface area (Å²) in [6.45, 7) is 0. The third-order valence-electron chi connectivity index (χ3n) is 7.27. The first-order chi connectivity index (χ1) is 14.3. The molecular weight excluding hydrogens is 352 g/mol. The van der Waals surface area contributed by atoms with Gasteiger partial charge in [-0.2, -0.15) is 0 Å².